The van der Waals surface area contributed by atoms with Crippen LogP contribution in [0.1, 0.15) is 18.9 Å². The molecule has 2 aromatic rings. The molecule has 0 bridgehead atoms. The van der Waals surface area contributed by atoms with E-state index in [0.717, 1.165) is 28.9 Å². The van der Waals surface area contributed by atoms with Crippen LogP contribution in [0.4, 0.5) is 0 Å². The summed E-state index contributed by atoms with van der Waals surface area (Å²) in [5, 5.41) is 1.15. The van der Waals surface area contributed by atoms with E-state index in [4.69, 9.17) is 5.73 Å². The van der Waals surface area contributed by atoms with Crippen molar-refractivity contribution in [1.29, 1.82) is 0 Å². The topological polar surface area (TPSA) is 62.1 Å². The van der Waals surface area contributed by atoms with Gasteiger partial charge < -0.3 is 15.6 Å². The molecule has 1 amide bonds. The second-order valence-corrected chi connectivity index (χ2v) is 6.36. The number of aromatic nitrogens is 1. The maximum atomic E-state index is 12.4. The molecule has 1 saturated carbocycles. The van der Waals surface area contributed by atoms with Crippen LogP contribution in [-0.4, -0.2) is 35.4 Å². The van der Waals surface area contributed by atoms with Crippen molar-refractivity contribution in [3.8, 4) is 0 Å². The van der Waals surface area contributed by atoms with E-state index in [0.29, 0.717) is 12.3 Å². The van der Waals surface area contributed by atoms with Crippen LogP contribution < -0.4 is 5.73 Å². The molecule has 3 rings (SSSR count). The normalized spacial score (nSPS) is 22.2. The number of nitrogens with zero attached hydrogens (tertiary/aromatic N) is 1. The first-order valence-electron chi connectivity index (χ1n) is 7.62. The third-order valence-electron chi connectivity index (χ3n) is 4.59. The molecular formula is C17H23N3O. The summed E-state index contributed by atoms with van der Waals surface area (Å²) in [5.41, 5.74) is 8.33. The number of hydrogen-bond acceptors (Lipinski definition) is 2. The molecule has 1 fully saturated rings. The summed E-state index contributed by atoms with van der Waals surface area (Å²) in [6.45, 7) is 3.07. The highest BCUT2D eigenvalue weighted by Crippen LogP contribution is 2.38. The molecule has 3 N–H and O–H groups in total. The van der Waals surface area contributed by atoms with Gasteiger partial charge in [0.2, 0.25) is 5.91 Å². The number of nitrogens with one attached hydrogen (secondary N) is 1. The smallest absolute Gasteiger partial charge is 0.239 e. The Kier molecular flexibility index (Phi) is 3.72. The molecule has 0 aliphatic heterocycles. The number of likely N-dealkylation sites (N-methyl/N-ethyl adjacent to an activating group) is 1. The van der Waals surface area contributed by atoms with E-state index in [2.05, 4.69) is 18.0 Å². The summed E-state index contributed by atoms with van der Waals surface area (Å²) in [6.07, 6.45) is 3.77. The van der Waals surface area contributed by atoms with Crippen molar-refractivity contribution in [1.82, 2.24) is 9.88 Å². The van der Waals surface area contributed by atoms with Crippen LogP contribution in [0.3, 0.4) is 0 Å². The number of nitrogens with two attached hydrogens (primary N) is 1. The van der Waals surface area contributed by atoms with Crippen LogP contribution in [0, 0.1) is 11.8 Å². The summed E-state index contributed by atoms with van der Waals surface area (Å²) in [5.74, 6) is 1.46. The molecule has 0 saturated heterocycles. The van der Waals surface area contributed by atoms with Gasteiger partial charge in [-0.15, -0.1) is 0 Å². The molecule has 2 unspecified atom stereocenters. The maximum absolute atomic E-state index is 12.4. The minimum atomic E-state index is -0.469. The minimum Gasteiger partial charge on any atom is -0.361 e. The number of amides is 1. The number of carbonyl (C=O) groups excluding carboxylic acids is 1. The van der Waals surface area contributed by atoms with Crippen LogP contribution in [-0.2, 0) is 11.2 Å². The number of benzene rings is 1. The Morgan fingerprint density at radius 3 is 2.90 bits per heavy atom. The molecule has 1 aliphatic carbocycles. The summed E-state index contributed by atoms with van der Waals surface area (Å²) < 4.78 is 0. The number of para-hydroxylation sites is 1. The van der Waals surface area contributed by atoms with Gasteiger partial charge >= 0.3 is 0 Å². The number of carbonyl (C=O) groups is 1. The number of H-pyrrole nitrogens is 1. The highest BCUT2D eigenvalue weighted by Gasteiger charge is 2.34. The fourth-order valence-corrected chi connectivity index (χ4v) is 3.00. The SMILES string of the molecule is CC1CC1CN(C)C(=O)[C@@H](N)Cc1c[nH]c2ccccc12. The lowest BCUT2D eigenvalue weighted by atomic mass is 10.0. The van der Waals surface area contributed by atoms with E-state index in [1.54, 1.807) is 4.90 Å². The third kappa shape index (κ3) is 2.95. The second kappa shape index (κ2) is 5.53. The Balaban J connectivity index is 1.65. The highest BCUT2D eigenvalue weighted by atomic mass is 16.2. The van der Waals surface area contributed by atoms with Gasteiger partial charge in [-0.2, -0.15) is 0 Å². The second-order valence-electron chi connectivity index (χ2n) is 6.36. The van der Waals surface area contributed by atoms with Crippen molar-refractivity contribution in [2.45, 2.75) is 25.8 Å². The molecule has 1 aliphatic rings. The monoisotopic (exact) mass is 285 g/mol. The van der Waals surface area contributed by atoms with Crippen LogP contribution >= 0.6 is 0 Å². The predicted octanol–water partition coefficient (Wildman–Crippen LogP) is 2.15. The van der Waals surface area contributed by atoms with Crippen LogP contribution in [0.25, 0.3) is 10.9 Å². The summed E-state index contributed by atoms with van der Waals surface area (Å²) in [6, 6.07) is 7.63. The quantitative estimate of drug-likeness (QED) is 0.884. The van der Waals surface area contributed by atoms with E-state index in [9.17, 15) is 4.79 Å². The highest BCUT2D eigenvalue weighted by molar-refractivity contribution is 5.86. The standard InChI is InChI=1S/C17H23N3O/c1-11-7-13(11)10-20(2)17(21)15(18)8-12-9-19-16-6-4-3-5-14(12)16/h3-6,9,11,13,15,19H,7-8,10,18H2,1-2H3/t11?,13?,15-/m0/s1. The van der Waals surface area contributed by atoms with E-state index < -0.39 is 6.04 Å². The molecule has 3 atom stereocenters. The molecule has 1 aromatic carbocycles. The first-order valence-corrected chi connectivity index (χ1v) is 7.62. The van der Waals surface area contributed by atoms with Crippen LogP contribution in [0.2, 0.25) is 0 Å². The van der Waals surface area contributed by atoms with Crippen LogP contribution in [0.5, 0.6) is 0 Å². The fourth-order valence-electron chi connectivity index (χ4n) is 3.00. The number of hydrogen-bond donors (Lipinski definition) is 2. The Morgan fingerprint density at radius 2 is 2.19 bits per heavy atom. The van der Waals surface area contributed by atoms with Crippen molar-refractivity contribution < 1.29 is 4.79 Å². The van der Waals surface area contributed by atoms with Crippen molar-refractivity contribution in [2.75, 3.05) is 13.6 Å². The average Bonchev–Trinajstić information content (AvgIpc) is 3.01. The Morgan fingerprint density at radius 1 is 1.48 bits per heavy atom. The van der Waals surface area contributed by atoms with Gasteiger partial charge in [-0.05, 0) is 36.3 Å². The zero-order valence-corrected chi connectivity index (χ0v) is 12.7. The van der Waals surface area contributed by atoms with Gasteiger partial charge in [-0.25, -0.2) is 0 Å². The van der Waals surface area contributed by atoms with E-state index in [-0.39, 0.29) is 5.91 Å². The van der Waals surface area contributed by atoms with Gasteiger partial charge in [0.15, 0.2) is 0 Å². The Labute approximate surface area is 125 Å². The molecule has 21 heavy (non-hydrogen) atoms. The number of fused-ring (bicyclic) bond motifs is 1. The lowest BCUT2D eigenvalue weighted by molar-refractivity contribution is -0.131. The average molecular weight is 285 g/mol. The summed E-state index contributed by atoms with van der Waals surface area (Å²) in [4.78, 5) is 17.4. The molecule has 4 nitrogen and oxygen atoms in total. The lowest BCUT2D eigenvalue weighted by Crippen LogP contribution is -2.43. The fraction of sp³-hybridized carbons (Fsp3) is 0.471. The van der Waals surface area contributed by atoms with Crippen molar-refractivity contribution >= 4 is 16.8 Å². The Bertz CT molecular complexity index is 648. The van der Waals surface area contributed by atoms with Gasteiger partial charge in [-0.1, -0.05) is 25.1 Å². The van der Waals surface area contributed by atoms with E-state index >= 15 is 0 Å². The molecule has 4 heteroatoms. The van der Waals surface area contributed by atoms with Gasteiger partial charge in [0.05, 0.1) is 6.04 Å². The summed E-state index contributed by atoms with van der Waals surface area (Å²) >= 11 is 0. The zero-order valence-electron chi connectivity index (χ0n) is 12.7. The van der Waals surface area contributed by atoms with E-state index in [1.807, 2.05) is 31.4 Å². The molecule has 1 heterocycles. The maximum Gasteiger partial charge on any atom is 0.239 e. The Hall–Kier alpha value is -1.81. The van der Waals surface area contributed by atoms with Crippen molar-refractivity contribution in [2.24, 2.45) is 17.6 Å². The molecule has 112 valence electrons. The van der Waals surface area contributed by atoms with Gasteiger partial charge in [0.25, 0.3) is 0 Å². The molecule has 0 radical (unpaired) electrons. The predicted molar refractivity (Wildman–Crippen MR) is 84.9 cm³/mol. The third-order valence-corrected chi connectivity index (χ3v) is 4.59. The largest absolute Gasteiger partial charge is 0.361 e. The van der Waals surface area contributed by atoms with Gasteiger partial charge in [-0.3, -0.25) is 4.79 Å². The van der Waals surface area contributed by atoms with Crippen LogP contribution in [0.15, 0.2) is 30.5 Å². The van der Waals surface area contributed by atoms with E-state index in [1.165, 1.54) is 6.42 Å². The zero-order chi connectivity index (χ0) is 15.0. The lowest BCUT2D eigenvalue weighted by Gasteiger charge is -2.21. The van der Waals surface area contributed by atoms with Crippen molar-refractivity contribution in [3.63, 3.8) is 0 Å². The summed E-state index contributed by atoms with van der Waals surface area (Å²) in [7, 11) is 1.86. The first kappa shape index (κ1) is 14.1. The molecule has 1 aromatic heterocycles. The molecular weight excluding hydrogens is 262 g/mol. The molecule has 0 spiro atoms. The number of rotatable bonds is 5. The van der Waals surface area contributed by atoms with Gasteiger partial charge in [0, 0.05) is 30.7 Å². The first-order chi connectivity index (χ1) is 10.1. The number of aromatic amines is 1. The van der Waals surface area contributed by atoms with Gasteiger partial charge in [0.1, 0.15) is 0 Å². The minimum absolute atomic E-state index is 0.0411. The van der Waals surface area contributed by atoms with Crippen molar-refractivity contribution in [3.05, 3.63) is 36.0 Å².